The van der Waals surface area contributed by atoms with Crippen LogP contribution in [0.2, 0.25) is 0 Å². The van der Waals surface area contributed by atoms with Gasteiger partial charge in [0.15, 0.2) is 0 Å². The van der Waals surface area contributed by atoms with Gasteiger partial charge in [0.25, 0.3) is 0 Å². The molecule has 2 aromatic rings. The molecule has 0 aromatic heterocycles. The molecule has 0 saturated carbocycles. The fourth-order valence-electron chi connectivity index (χ4n) is 3.97. The summed E-state index contributed by atoms with van der Waals surface area (Å²) >= 11 is 0. The maximum absolute atomic E-state index is 9.24. The van der Waals surface area contributed by atoms with E-state index in [9.17, 15) is 5.26 Å². The maximum Gasteiger partial charge on any atom is 0.0634 e. The smallest absolute Gasteiger partial charge is 0.0634 e. The molecule has 0 radical (unpaired) electrons. The van der Waals surface area contributed by atoms with Crippen molar-refractivity contribution in [2.24, 2.45) is 0 Å². The van der Waals surface area contributed by atoms with Gasteiger partial charge in [-0.3, -0.25) is 0 Å². The zero-order valence-electron chi connectivity index (χ0n) is 10.1. The van der Waals surface area contributed by atoms with E-state index in [4.69, 9.17) is 0 Å². The first-order valence-electron chi connectivity index (χ1n) is 6.42. The van der Waals surface area contributed by atoms with Gasteiger partial charge in [0.2, 0.25) is 0 Å². The van der Waals surface area contributed by atoms with E-state index in [1.807, 2.05) is 0 Å². The quantitative estimate of drug-likeness (QED) is 0.733. The van der Waals surface area contributed by atoms with Crippen LogP contribution in [0.4, 0.5) is 0 Å². The Hall–Kier alpha value is -2.07. The molecule has 0 fully saturated rings. The van der Waals surface area contributed by atoms with Gasteiger partial charge in [-0.05, 0) is 28.7 Å². The van der Waals surface area contributed by atoms with E-state index in [0.29, 0.717) is 12.3 Å². The molecule has 0 aliphatic heterocycles. The van der Waals surface area contributed by atoms with Crippen molar-refractivity contribution < 1.29 is 0 Å². The second-order valence-electron chi connectivity index (χ2n) is 5.35. The Kier molecular flexibility index (Phi) is 1.78. The highest BCUT2D eigenvalue weighted by molar-refractivity contribution is 5.62. The van der Waals surface area contributed by atoms with Crippen LogP contribution in [0.1, 0.15) is 41.0 Å². The SMILES string of the molecule is N#CCC12CC(c3ccccc31)c1ccccc12. The summed E-state index contributed by atoms with van der Waals surface area (Å²) in [7, 11) is 0. The predicted molar refractivity (Wildman–Crippen MR) is 70.4 cm³/mol. The molecule has 0 heterocycles. The number of nitriles is 1. The lowest BCUT2D eigenvalue weighted by atomic mass is 9.73. The molecule has 1 heteroatoms. The van der Waals surface area contributed by atoms with Crippen molar-refractivity contribution in [2.75, 3.05) is 0 Å². The molecule has 86 valence electrons. The highest BCUT2D eigenvalue weighted by Crippen LogP contribution is 2.61. The number of fused-ring (bicyclic) bond motifs is 8. The van der Waals surface area contributed by atoms with Crippen molar-refractivity contribution >= 4 is 0 Å². The first kappa shape index (κ1) is 9.91. The molecule has 0 N–H and O–H groups in total. The predicted octanol–water partition coefficient (Wildman–Crippen LogP) is 3.74. The van der Waals surface area contributed by atoms with Crippen molar-refractivity contribution in [3.63, 3.8) is 0 Å². The van der Waals surface area contributed by atoms with Gasteiger partial charge in [0.05, 0.1) is 6.07 Å². The zero-order valence-corrected chi connectivity index (χ0v) is 10.1. The van der Waals surface area contributed by atoms with Crippen molar-refractivity contribution in [1.82, 2.24) is 0 Å². The lowest BCUT2D eigenvalue weighted by Gasteiger charge is -2.29. The number of hydrogen-bond acceptors (Lipinski definition) is 1. The largest absolute Gasteiger partial charge is 0.198 e. The Morgan fingerprint density at radius 1 is 1.00 bits per heavy atom. The average molecular weight is 231 g/mol. The molecule has 2 aliphatic rings. The van der Waals surface area contributed by atoms with Crippen LogP contribution < -0.4 is 0 Å². The summed E-state index contributed by atoms with van der Waals surface area (Å²) in [5.41, 5.74) is 5.61. The van der Waals surface area contributed by atoms with Crippen molar-refractivity contribution in [1.29, 1.82) is 5.26 Å². The lowest BCUT2D eigenvalue weighted by Crippen LogP contribution is -2.23. The van der Waals surface area contributed by atoms with Crippen molar-refractivity contribution in [3.8, 4) is 6.07 Å². The molecule has 0 spiro atoms. The van der Waals surface area contributed by atoms with Crippen LogP contribution in [0.5, 0.6) is 0 Å². The second-order valence-corrected chi connectivity index (χ2v) is 5.35. The summed E-state index contributed by atoms with van der Waals surface area (Å²) in [6, 6.07) is 19.7. The summed E-state index contributed by atoms with van der Waals surface area (Å²) in [6.07, 6.45) is 1.68. The summed E-state index contributed by atoms with van der Waals surface area (Å²) < 4.78 is 0. The van der Waals surface area contributed by atoms with Crippen LogP contribution in [0.15, 0.2) is 48.5 Å². The van der Waals surface area contributed by atoms with Gasteiger partial charge in [-0.25, -0.2) is 0 Å². The van der Waals surface area contributed by atoms with Gasteiger partial charge in [-0.2, -0.15) is 5.26 Å². The van der Waals surface area contributed by atoms with Gasteiger partial charge in [-0.1, -0.05) is 48.5 Å². The maximum atomic E-state index is 9.24. The second kappa shape index (κ2) is 3.23. The van der Waals surface area contributed by atoms with Crippen LogP contribution in [-0.4, -0.2) is 0 Å². The molecule has 4 rings (SSSR count). The van der Waals surface area contributed by atoms with Gasteiger partial charge < -0.3 is 0 Å². The molecule has 0 atom stereocenters. The van der Waals surface area contributed by atoms with E-state index in [2.05, 4.69) is 54.6 Å². The zero-order chi connectivity index (χ0) is 12.2. The van der Waals surface area contributed by atoms with Crippen LogP contribution in [0, 0.1) is 11.3 Å². The average Bonchev–Trinajstić information content (AvgIpc) is 2.92. The first-order chi connectivity index (χ1) is 8.87. The topological polar surface area (TPSA) is 23.8 Å². The molecule has 2 bridgehead atoms. The van der Waals surface area contributed by atoms with Crippen LogP contribution in [-0.2, 0) is 5.41 Å². The molecular weight excluding hydrogens is 218 g/mol. The molecule has 0 saturated heterocycles. The Balaban J connectivity index is 2.06. The van der Waals surface area contributed by atoms with Gasteiger partial charge >= 0.3 is 0 Å². The normalized spacial score (nSPS) is 26.5. The summed E-state index contributed by atoms with van der Waals surface area (Å²) in [5.74, 6) is 0.505. The first-order valence-corrected chi connectivity index (χ1v) is 6.42. The van der Waals surface area contributed by atoms with E-state index in [0.717, 1.165) is 6.42 Å². The monoisotopic (exact) mass is 231 g/mol. The molecule has 18 heavy (non-hydrogen) atoms. The minimum atomic E-state index is -0.0351. The van der Waals surface area contributed by atoms with Gasteiger partial charge in [0.1, 0.15) is 0 Å². The summed E-state index contributed by atoms with van der Waals surface area (Å²) in [6.45, 7) is 0. The summed E-state index contributed by atoms with van der Waals surface area (Å²) in [5, 5.41) is 9.24. The van der Waals surface area contributed by atoms with E-state index < -0.39 is 0 Å². The fourth-order valence-corrected chi connectivity index (χ4v) is 3.97. The van der Waals surface area contributed by atoms with Crippen molar-refractivity contribution in [2.45, 2.75) is 24.2 Å². The molecular formula is C17H13N. The van der Waals surface area contributed by atoms with Crippen molar-refractivity contribution in [3.05, 3.63) is 70.8 Å². The number of benzene rings is 2. The third-order valence-corrected chi connectivity index (χ3v) is 4.64. The minimum Gasteiger partial charge on any atom is -0.198 e. The Labute approximate surface area is 107 Å². The van der Waals surface area contributed by atoms with Gasteiger partial charge in [-0.15, -0.1) is 0 Å². The molecule has 2 aromatic carbocycles. The van der Waals surface area contributed by atoms with Crippen LogP contribution in [0.25, 0.3) is 0 Å². The Morgan fingerprint density at radius 2 is 1.56 bits per heavy atom. The standard InChI is InChI=1S/C17H13N/c18-10-9-17-11-14(12-5-1-3-7-15(12)17)13-6-2-4-8-16(13)17/h1-8,14H,9,11H2. The Bertz CT molecular complexity index is 631. The van der Waals surface area contributed by atoms with Crippen LogP contribution in [0.3, 0.4) is 0 Å². The molecule has 0 amide bonds. The Morgan fingerprint density at radius 3 is 2.11 bits per heavy atom. The number of nitrogens with zero attached hydrogens (tertiary/aromatic N) is 1. The van der Waals surface area contributed by atoms with E-state index in [-0.39, 0.29) is 5.41 Å². The number of hydrogen-bond donors (Lipinski definition) is 0. The van der Waals surface area contributed by atoms with Crippen LogP contribution >= 0.6 is 0 Å². The summed E-state index contributed by atoms with van der Waals surface area (Å²) in [4.78, 5) is 0. The van der Waals surface area contributed by atoms with E-state index >= 15 is 0 Å². The lowest BCUT2D eigenvalue weighted by molar-refractivity contribution is 0.544. The van der Waals surface area contributed by atoms with E-state index in [1.54, 1.807) is 0 Å². The number of rotatable bonds is 1. The third-order valence-electron chi connectivity index (χ3n) is 4.64. The fraction of sp³-hybridized carbons (Fsp3) is 0.235. The molecule has 0 unspecified atom stereocenters. The molecule has 2 aliphatic carbocycles. The van der Waals surface area contributed by atoms with E-state index in [1.165, 1.54) is 22.3 Å². The third kappa shape index (κ3) is 0.973. The highest BCUT2D eigenvalue weighted by atomic mass is 14.5. The highest BCUT2D eigenvalue weighted by Gasteiger charge is 2.52. The minimum absolute atomic E-state index is 0.0351. The molecule has 1 nitrogen and oxygen atoms in total. The van der Waals surface area contributed by atoms with Gasteiger partial charge in [0, 0.05) is 17.8 Å².